The van der Waals surface area contributed by atoms with E-state index in [1.165, 1.54) is 18.4 Å². The minimum Gasteiger partial charge on any atom is -0.453 e. The Kier molecular flexibility index (Phi) is 8.45. The fourth-order valence-electron chi connectivity index (χ4n) is 5.06. The van der Waals surface area contributed by atoms with E-state index < -0.39 is 23.8 Å². The normalized spacial score (nSPS) is 16.0. The lowest BCUT2D eigenvalue weighted by atomic mass is 10.0. The maximum atomic E-state index is 13.4. The highest BCUT2D eigenvalue weighted by atomic mass is 32.1. The van der Waals surface area contributed by atoms with Crippen LogP contribution in [-0.4, -0.2) is 67.6 Å². The number of likely N-dealkylation sites (tertiary alicyclic amines) is 1. The number of aromatic amines is 1. The molecule has 3 N–H and O–H groups in total. The molecular weight excluding hydrogens is 570 g/mol. The average Bonchev–Trinajstić information content (AvgIpc) is 3.73. The van der Waals surface area contributed by atoms with E-state index in [2.05, 4.69) is 25.6 Å². The number of alkyl carbamates (subject to hydrolysis) is 1. The van der Waals surface area contributed by atoms with Gasteiger partial charge in [-0.3, -0.25) is 14.5 Å². The lowest BCUT2D eigenvalue weighted by Gasteiger charge is -2.30. The molecule has 1 saturated heterocycles. The number of nitrogens with zero attached hydrogens (tertiary/aromatic N) is 4. The van der Waals surface area contributed by atoms with Gasteiger partial charge in [0.15, 0.2) is 10.8 Å². The molecule has 1 aliphatic rings. The summed E-state index contributed by atoms with van der Waals surface area (Å²) < 4.78 is 11.9. The van der Waals surface area contributed by atoms with Gasteiger partial charge in [0, 0.05) is 12.7 Å². The van der Waals surface area contributed by atoms with Gasteiger partial charge in [-0.05, 0) is 50.7 Å². The predicted octanol–water partition coefficient (Wildman–Crippen LogP) is 5.84. The quantitative estimate of drug-likeness (QED) is 0.239. The first-order valence-corrected chi connectivity index (χ1v) is 15.0. The number of thiazole rings is 1. The molecule has 43 heavy (non-hydrogen) atoms. The molecule has 0 unspecified atom stereocenters. The summed E-state index contributed by atoms with van der Waals surface area (Å²) in [6, 6.07) is 7.26. The van der Waals surface area contributed by atoms with E-state index in [9.17, 15) is 14.4 Å². The van der Waals surface area contributed by atoms with Crippen molar-refractivity contribution in [2.24, 2.45) is 5.92 Å². The van der Waals surface area contributed by atoms with E-state index in [0.29, 0.717) is 12.4 Å². The van der Waals surface area contributed by atoms with Gasteiger partial charge in [-0.2, -0.15) is 0 Å². The molecule has 4 heterocycles. The number of carbonyl (C=O) groups is 3. The third-order valence-electron chi connectivity index (χ3n) is 7.10. The number of hydrogen-bond acceptors (Lipinski definition) is 8. The molecule has 1 aliphatic heterocycles. The molecule has 1 fully saturated rings. The van der Waals surface area contributed by atoms with Crippen molar-refractivity contribution in [3.63, 3.8) is 0 Å². The molecule has 5 rings (SSSR count). The van der Waals surface area contributed by atoms with Crippen molar-refractivity contribution in [2.45, 2.75) is 65.1 Å². The van der Waals surface area contributed by atoms with Crippen LogP contribution in [0, 0.1) is 5.92 Å². The fourth-order valence-corrected chi connectivity index (χ4v) is 6.03. The number of fused-ring (bicyclic) bond motifs is 1. The topological polar surface area (TPSA) is 143 Å². The van der Waals surface area contributed by atoms with Gasteiger partial charge in [-0.25, -0.2) is 19.6 Å². The minimum absolute atomic E-state index is 0.0953. The zero-order valence-electron chi connectivity index (χ0n) is 25.1. The lowest BCUT2D eigenvalue weighted by molar-refractivity contribution is -0.135. The van der Waals surface area contributed by atoms with Gasteiger partial charge in [-0.1, -0.05) is 49.4 Å². The molecule has 2 atom stereocenters. The number of carbonyl (C=O) groups excluding carboxylic acids is 3. The average molecular weight is 608 g/mol. The number of aromatic nitrogens is 4. The molecule has 4 aromatic rings. The second-order valence-corrected chi connectivity index (χ2v) is 12.9. The van der Waals surface area contributed by atoms with E-state index in [0.717, 1.165) is 45.3 Å². The molecule has 1 aromatic carbocycles. The van der Waals surface area contributed by atoms with Crippen LogP contribution in [0.3, 0.4) is 0 Å². The summed E-state index contributed by atoms with van der Waals surface area (Å²) in [7, 11) is 1.29. The number of rotatable bonds is 7. The molecule has 228 valence electrons. The first kappa shape index (κ1) is 30.1. The zero-order valence-corrected chi connectivity index (χ0v) is 25.9. The number of H-pyrrole nitrogens is 1. The van der Waals surface area contributed by atoms with Crippen LogP contribution in [-0.2, 0) is 14.3 Å². The maximum absolute atomic E-state index is 13.4. The molecule has 3 aromatic heterocycles. The Morgan fingerprint density at radius 1 is 1.09 bits per heavy atom. The van der Waals surface area contributed by atoms with Crippen LogP contribution in [0.4, 0.5) is 15.4 Å². The standard InChI is InChI=1S/C30H37N7O5S/c1-17(2)24(35-28(39)41-6)26(38)37-13-7-8-21(37)25-31-14-20(32-25)18-9-11-19(12-10-18)22-15-36-16-23(33-27(36)43-22)34-29(40)42-30(3,4)5/h9-12,14-17,21,24H,7-8,13H2,1-6H3,(H,31,32)(H,34,40)(H,35,39)/t21-,24-/m0/s1. The van der Waals surface area contributed by atoms with E-state index in [1.54, 1.807) is 17.3 Å². The molecule has 0 bridgehead atoms. The Balaban J connectivity index is 1.27. The van der Waals surface area contributed by atoms with E-state index in [4.69, 9.17) is 9.47 Å². The van der Waals surface area contributed by atoms with Crippen molar-refractivity contribution in [2.75, 3.05) is 19.0 Å². The molecule has 0 radical (unpaired) electrons. The summed E-state index contributed by atoms with van der Waals surface area (Å²) in [6.45, 7) is 9.82. The van der Waals surface area contributed by atoms with Crippen molar-refractivity contribution in [3.05, 3.63) is 48.7 Å². The smallest absolute Gasteiger partial charge is 0.413 e. The Hall–Kier alpha value is -4.39. The van der Waals surface area contributed by atoms with Gasteiger partial charge >= 0.3 is 12.2 Å². The summed E-state index contributed by atoms with van der Waals surface area (Å²) in [5.41, 5.74) is 2.27. The minimum atomic E-state index is -0.678. The van der Waals surface area contributed by atoms with Gasteiger partial charge in [-0.15, -0.1) is 0 Å². The molecule has 0 spiro atoms. The Morgan fingerprint density at radius 2 is 1.81 bits per heavy atom. The molecule has 0 saturated carbocycles. The van der Waals surface area contributed by atoms with Gasteiger partial charge in [0.2, 0.25) is 5.91 Å². The Bertz CT molecular complexity index is 1580. The van der Waals surface area contributed by atoms with Gasteiger partial charge in [0.05, 0.1) is 36.1 Å². The van der Waals surface area contributed by atoms with E-state index >= 15 is 0 Å². The number of nitrogens with one attached hydrogen (secondary N) is 3. The van der Waals surface area contributed by atoms with Crippen LogP contribution in [0.5, 0.6) is 0 Å². The van der Waals surface area contributed by atoms with E-state index in [1.807, 2.05) is 69.5 Å². The van der Waals surface area contributed by atoms with Crippen LogP contribution in [0.25, 0.3) is 26.7 Å². The van der Waals surface area contributed by atoms with E-state index in [-0.39, 0.29) is 17.9 Å². The summed E-state index contributed by atoms with van der Waals surface area (Å²) >= 11 is 1.51. The summed E-state index contributed by atoms with van der Waals surface area (Å²) in [6.07, 6.45) is 5.99. The van der Waals surface area contributed by atoms with Crippen LogP contribution >= 0.6 is 11.3 Å². The Morgan fingerprint density at radius 3 is 2.47 bits per heavy atom. The number of methoxy groups -OCH3 is 1. The van der Waals surface area contributed by atoms with Gasteiger partial charge < -0.3 is 24.7 Å². The third kappa shape index (κ3) is 6.82. The third-order valence-corrected chi connectivity index (χ3v) is 8.15. The Labute approximate surface area is 253 Å². The molecule has 0 aliphatic carbocycles. The van der Waals surface area contributed by atoms with Crippen LogP contribution in [0.15, 0.2) is 42.9 Å². The maximum Gasteiger partial charge on any atom is 0.413 e. The second-order valence-electron chi connectivity index (χ2n) is 11.8. The number of ether oxygens (including phenoxy) is 2. The number of anilines is 1. The predicted molar refractivity (Wildman–Crippen MR) is 164 cm³/mol. The van der Waals surface area contributed by atoms with Crippen molar-refractivity contribution < 1.29 is 23.9 Å². The van der Waals surface area contributed by atoms with Crippen LogP contribution < -0.4 is 10.6 Å². The van der Waals surface area contributed by atoms with Crippen LogP contribution in [0.1, 0.15) is 59.3 Å². The van der Waals surface area contributed by atoms with Crippen molar-refractivity contribution in [1.82, 2.24) is 29.6 Å². The number of imidazole rings is 2. The highest BCUT2D eigenvalue weighted by molar-refractivity contribution is 7.20. The van der Waals surface area contributed by atoms with Crippen molar-refractivity contribution in [3.8, 4) is 21.7 Å². The molecule has 3 amide bonds. The number of amides is 3. The SMILES string of the molecule is COC(=O)N[C@H](C(=O)N1CCC[C@H]1c1ncc(-c2ccc(-c3cn4cc(NC(=O)OC(C)(C)C)nc4s3)cc2)[nH]1)C(C)C. The largest absolute Gasteiger partial charge is 0.453 e. The van der Waals surface area contributed by atoms with Crippen LogP contribution in [0.2, 0.25) is 0 Å². The first-order chi connectivity index (χ1) is 20.4. The first-order valence-electron chi connectivity index (χ1n) is 14.2. The fraction of sp³-hybridized carbons (Fsp3) is 0.433. The van der Waals surface area contributed by atoms with Gasteiger partial charge in [0.1, 0.15) is 17.5 Å². The monoisotopic (exact) mass is 607 g/mol. The summed E-state index contributed by atoms with van der Waals surface area (Å²) in [4.78, 5) is 53.4. The number of hydrogen-bond donors (Lipinski definition) is 3. The van der Waals surface area contributed by atoms with Gasteiger partial charge in [0.25, 0.3) is 0 Å². The second kappa shape index (κ2) is 12.1. The molecule has 12 nitrogen and oxygen atoms in total. The highest BCUT2D eigenvalue weighted by Gasteiger charge is 2.37. The zero-order chi connectivity index (χ0) is 30.9. The summed E-state index contributed by atoms with van der Waals surface area (Å²) in [5, 5.41) is 5.35. The molecular formula is C30H37N7O5S. The lowest BCUT2D eigenvalue weighted by Crippen LogP contribution is -2.51. The van der Waals surface area contributed by atoms with Crippen molar-refractivity contribution >= 4 is 40.2 Å². The number of benzene rings is 1. The van der Waals surface area contributed by atoms with Crippen molar-refractivity contribution in [1.29, 1.82) is 0 Å². The highest BCUT2D eigenvalue weighted by Crippen LogP contribution is 2.34. The molecule has 13 heteroatoms. The summed E-state index contributed by atoms with van der Waals surface area (Å²) in [5.74, 6) is 0.919.